The van der Waals surface area contributed by atoms with Crippen molar-refractivity contribution in [2.45, 2.75) is 51.1 Å². The van der Waals surface area contributed by atoms with Crippen molar-refractivity contribution in [3.63, 3.8) is 0 Å². The van der Waals surface area contributed by atoms with E-state index in [9.17, 15) is 22.0 Å². The van der Waals surface area contributed by atoms with Crippen molar-refractivity contribution in [3.05, 3.63) is 82.9 Å². The van der Waals surface area contributed by atoms with Crippen LogP contribution in [0.4, 0.5) is 8.78 Å². The highest BCUT2D eigenvalue weighted by Crippen LogP contribution is 2.49. The number of esters is 1. The molecular formula is C28H29F2NO6S. The Hall–Kier alpha value is -3.50. The number of aryl methyl sites for hydroxylation is 1. The highest BCUT2D eigenvalue weighted by atomic mass is 32.2. The van der Waals surface area contributed by atoms with Gasteiger partial charge >= 0.3 is 12.6 Å². The topological polar surface area (TPSA) is 105 Å². The van der Waals surface area contributed by atoms with Crippen LogP contribution in [-0.4, -0.2) is 27.6 Å². The lowest BCUT2D eigenvalue weighted by molar-refractivity contribution is -0.143. The van der Waals surface area contributed by atoms with E-state index >= 15 is 0 Å². The molecule has 0 bridgehead atoms. The number of benzene rings is 3. The molecule has 10 heteroatoms. The highest BCUT2D eigenvalue weighted by molar-refractivity contribution is 7.88. The standard InChI is InChI=1S/C28H29F2NO6S/c1-2-35-25(32)12-4-3-7-18-8-5-9-20(15-18)27-22-16-19(17-38(31,33)34)13-14-21(22)26-23(36-27)10-6-11-24(26)37-28(29)30/h5-6,8-11,13-16,27-28H,2-4,7,12,17H2,1H3,(H2,31,33,34). The maximum absolute atomic E-state index is 13.1. The van der Waals surface area contributed by atoms with Crippen molar-refractivity contribution in [1.29, 1.82) is 0 Å². The zero-order valence-corrected chi connectivity index (χ0v) is 21.7. The van der Waals surface area contributed by atoms with E-state index < -0.39 is 22.7 Å². The summed E-state index contributed by atoms with van der Waals surface area (Å²) in [4.78, 5) is 11.6. The SMILES string of the molecule is CCOC(=O)CCCCc1cccc(C2Oc3cccc(OC(F)F)c3-c3ccc(CS(N)(=O)=O)cc32)c1. The second kappa shape index (κ2) is 11.9. The Morgan fingerprint density at radius 3 is 2.58 bits per heavy atom. The third kappa shape index (κ3) is 6.87. The summed E-state index contributed by atoms with van der Waals surface area (Å²) < 4.78 is 65.9. The quantitative estimate of drug-likeness (QED) is 0.252. The number of nitrogens with two attached hydrogens (primary N) is 1. The molecular weight excluding hydrogens is 516 g/mol. The number of unbranched alkanes of at least 4 members (excludes halogenated alkanes) is 1. The van der Waals surface area contributed by atoms with Gasteiger partial charge in [-0.3, -0.25) is 4.79 Å². The van der Waals surface area contributed by atoms with Crippen molar-refractivity contribution < 1.29 is 36.2 Å². The van der Waals surface area contributed by atoms with Gasteiger partial charge in [-0.2, -0.15) is 8.78 Å². The number of carbonyl (C=O) groups is 1. The maximum Gasteiger partial charge on any atom is 0.387 e. The first kappa shape index (κ1) is 27.5. The number of alkyl halides is 2. The highest BCUT2D eigenvalue weighted by Gasteiger charge is 2.31. The first-order chi connectivity index (χ1) is 18.1. The summed E-state index contributed by atoms with van der Waals surface area (Å²) in [5, 5.41) is 5.27. The molecule has 0 spiro atoms. The molecule has 0 fully saturated rings. The van der Waals surface area contributed by atoms with Crippen LogP contribution in [0.2, 0.25) is 0 Å². The minimum Gasteiger partial charge on any atom is -0.480 e. The summed E-state index contributed by atoms with van der Waals surface area (Å²) in [5.74, 6) is -0.251. The van der Waals surface area contributed by atoms with E-state index in [0.29, 0.717) is 47.5 Å². The second-order valence-electron chi connectivity index (χ2n) is 8.99. The van der Waals surface area contributed by atoms with Crippen LogP contribution < -0.4 is 14.6 Å². The van der Waals surface area contributed by atoms with Crippen LogP contribution in [0, 0.1) is 0 Å². The Bertz CT molecular complexity index is 1410. The van der Waals surface area contributed by atoms with Crippen molar-refractivity contribution in [2.24, 2.45) is 5.14 Å². The van der Waals surface area contributed by atoms with E-state index in [2.05, 4.69) is 0 Å². The lowest BCUT2D eigenvalue weighted by Crippen LogP contribution is -2.18. The molecule has 1 unspecified atom stereocenters. The van der Waals surface area contributed by atoms with Gasteiger partial charge in [-0.25, -0.2) is 13.6 Å². The normalized spacial score (nSPS) is 14.4. The molecule has 2 N–H and O–H groups in total. The zero-order chi connectivity index (χ0) is 27.3. The molecule has 38 heavy (non-hydrogen) atoms. The number of ether oxygens (including phenoxy) is 3. The molecule has 1 aliphatic heterocycles. The number of sulfonamides is 1. The minimum absolute atomic E-state index is 0.0354. The monoisotopic (exact) mass is 545 g/mol. The largest absolute Gasteiger partial charge is 0.480 e. The van der Waals surface area contributed by atoms with Crippen LogP contribution in [0.1, 0.15) is 54.5 Å². The van der Waals surface area contributed by atoms with E-state index in [0.717, 1.165) is 24.0 Å². The average molecular weight is 546 g/mol. The molecule has 7 nitrogen and oxygen atoms in total. The van der Waals surface area contributed by atoms with Gasteiger partial charge in [0.05, 0.1) is 17.9 Å². The molecule has 202 valence electrons. The molecule has 0 radical (unpaired) electrons. The Morgan fingerprint density at radius 1 is 1.05 bits per heavy atom. The molecule has 0 aliphatic carbocycles. The number of hydrogen-bond donors (Lipinski definition) is 1. The number of fused-ring (bicyclic) bond motifs is 3. The van der Waals surface area contributed by atoms with Crippen molar-refractivity contribution >= 4 is 16.0 Å². The summed E-state index contributed by atoms with van der Waals surface area (Å²) in [6.45, 7) is -0.885. The summed E-state index contributed by atoms with van der Waals surface area (Å²) >= 11 is 0. The average Bonchev–Trinajstić information content (AvgIpc) is 2.85. The number of primary sulfonamides is 1. The van der Waals surface area contributed by atoms with Crippen LogP contribution in [0.25, 0.3) is 11.1 Å². The fourth-order valence-corrected chi connectivity index (χ4v) is 5.27. The van der Waals surface area contributed by atoms with Gasteiger partial charge in [0.2, 0.25) is 10.0 Å². The van der Waals surface area contributed by atoms with E-state index in [4.69, 9.17) is 19.3 Å². The van der Waals surface area contributed by atoms with Crippen LogP contribution in [0.3, 0.4) is 0 Å². The van der Waals surface area contributed by atoms with Gasteiger partial charge in [0.25, 0.3) is 0 Å². The van der Waals surface area contributed by atoms with Gasteiger partial charge in [-0.05, 0) is 60.6 Å². The van der Waals surface area contributed by atoms with E-state index in [1.54, 1.807) is 37.3 Å². The first-order valence-corrected chi connectivity index (χ1v) is 14.0. The third-order valence-corrected chi connectivity index (χ3v) is 6.88. The zero-order valence-electron chi connectivity index (χ0n) is 20.9. The van der Waals surface area contributed by atoms with Crippen LogP contribution in [-0.2, 0) is 31.7 Å². The predicted molar refractivity (Wildman–Crippen MR) is 138 cm³/mol. The third-order valence-electron chi connectivity index (χ3n) is 6.14. The van der Waals surface area contributed by atoms with Crippen molar-refractivity contribution in [3.8, 4) is 22.6 Å². The van der Waals surface area contributed by atoms with Crippen molar-refractivity contribution in [2.75, 3.05) is 6.61 Å². The lowest BCUT2D eigenvalue weighted by atomic mass is 9.87. The molecule has 4 rings (SSSR count). The van der Waals surface area contributed by atoms with E-state index in [-0.39, 0.29) is 17.5 Å². The smallest absolute Gasteiger partial charge is 0.387 e. The van der Waals surface area contributed by atoms with Gasteiger partial charge in [-0.15, -0.1) is 0 Å². The Morgan fingerprint density at radius 2 is 1.84 bits per heavy atom. The lowest BCUT2D eigenvalue weighted by Gasteiger charge is -2.31. The molecule has 1 atom stereocenters. The maximum atomic E-state index is 13.1. The van der Waals surface area contributed by atoms with E-state index in [1.165, 1.54) is 6.07 Å². The Balaban J connectivity index is 1.67. The van der Waals surface area contributed by atoms with Crippen LogP contribution >= 0.6 is 0 Å². The van der Waals surface area contributed by atoms with Crippen LogP contribution in [0.15, 0.2) is 60.7 Å². The van der Waals surface area contributed by atoms with Gasteiger partial charge in [0.15, 0.2) is 0 Å². The second-order valence-corrected chi connectivity index (χ2v) is 10.6. The summed E-state index contributed by atoms with van der Waals surface area (Å²) in [7, 11) is -3.80. The molecule has 3 aromatic carbocycles. The molecule has 1 aliphatic rings. The number of hydrogen-bond acceptors (Lipinski definition) is 6. The molecule has 3 aromatic rings. The van der Waals surface area contributed by atoms with E-state index in [1.807, 2.05) is 24.3 Å². The van der Waals surface area contributed by atoms with Gasteiger partial charge < -0.3 is 14.2 Å². The minimum atomic E-state index is -3.80. The summed E-state index contributed by atoms with van der Waals surface area (Å²) in [6, 6.07) is 17.4. The number of carbonyl (C=O) groups excluding carboxylic acids is 1. The summed E-state index contributed by atoms with van der Waals surface area (Å²) in [5.41, 5.74) is 3.89. The van der Waals surface area contributed by atoms with Gasteiger partial charge in [0, 0.05) is 12.0 Å². The molecule has 0 saturated heterocycles. The van der Waals surface area contributed by atoms with Gasteiger partial charge in [0.1, 0.15) is 17.6 Å². The van der Waals surface area contributed by atoms with Crippen molar-refractivity contribution in [1.82, 2.24) is 0 Å². The summed E-state index contributed by atoms with van der Waals surface area (Å²) in [6.07, 6.45) is 1.96. The molecule has 0 saturated carbocycles. The predicted octanol–water partition coefficient (Wildman–Crippen LogP) is 5.50. The van der Waals surface area contributed by atoms with Gasteiger partial charge in [-0.1, -0.05) is 48.5 Å². The molecule has 0 aromatic heterocycles. The Labute approximate surface area is 220 Å². The number of rotatable bonds is 11. The molecule has 1 heterocycles. The fraction of sp³-hybridized carbons (Fsp3) is 0.321. The Kier molecular flexibility index (Phi) is 8.63. The fourth-order valence-electron chi connectivity index (χ4n) is 4.63. The molecule has 0 amide bonds. The number of halogens is 2. The van der Waals surface area contributed by atoms with Crippen LogP contribution in [0.5, 0.6) is 11.5 Å². The first-order valence-electron chi connectivity index (χ1n) is 12.3.